The highest BCUT2D eigenvalue weighted by Crippen LogP contribution is 2.20. The number of nitrogens with zero attached hydrogens (tertiary/aromatic N) is 2. The minimum absolute atomic E-state index is 0.0764. The van der Waals surface area contributed by atoms with Gasteiger partial charge >= 0.3 is 6.03 Å². The zero-order chi connectivity index (χ0) is 15.4. The molecule has 2 amide bonds. The molecule has 0 saturated carbocycles. The predicted octanol–water partition coefficient (Wildman–Crippen LogP) is 3.53. The van der Waals surface area contributed by atoms with Gasteiger partial charge in [-0.1, -0.05) is 18.2 Å². The molecule has 3 rings (SSSR count). The van der Waals surface area contributed by atoms with Crippen molar-refractivity contribution in [1.29, 1.82) is 0 Å². The van der Waals surface area contributed by atoms with E-state index in [1.165, 1.54) is 11.3 Å². The van der Waals surface area contributed by atoms with Gasteiger partial charge in [0.15, 0.2) is 5.13 Å². The summed E-state index contributed by atoms with van der Waals surface area (Å²) in [7, 11) is 0. The topological polar surface area (TPSA) is 54.5 Å². The average Bonchev–Trinajstić information content (AvgIpc) is 2.94. The van der Waals surface area contributed by atoms with Gasteiger partial charge in [-0.05, 0) is 19.1 Å². The third kappa shape index (κ3) is 3.76. The molecule has 0 aliphatic carbocycles. The van der Waals surface area contributed by atoms with Crippen LogP contribution in [0.4, 0.5) is 9.93 Å². The van der Waals surface area contributed by atoms with Crippen LogP contribution in [0.15, 0.2) is 35.7 Å². The molecule has 0 bridgehead atoms. The third-order valence-corrected chi connectivity index (χ3v) is 4.48. The van der Waals surface area contributed by atoms with Gasteiger partial charge in [0.1, 0.15) is 11.9 Å². The number of aryl methyl sites for hydroxylation is 1. The fourth-order valence-electron chi connectivity index (χ4n) is 2.45. The van der Waals surface area contributed by atoms with Crippen LogP contribution >= 0.6 is 11.3 Å². The van der Waals surface area contributed by atoms with Gasteiger partial charge in [-0.3, -0.25) is 5.32 Å². The average molecular weight is 317 g/mol. The highest BCUT2D eigenvalue weighted by molar-refractivity contribution is 7.13. The van der Waals surface area contributed by atoms with Crippen molar-refractivity contribution in [2.24, 2.45) is 0 Å². The lowest BCUT2D eigenvalue weighted by molar-refractivity contribution is 0.115. The Balaban J connectivity index is 1.48. The molecule has 116 valence electrons. The molecule has 2 heterocycles. The molecule has 1 aromatic carbocycles. The fraction of sp³-hybridized carbons (Fsp3) is 0.375. The molecule has 1 aromatic heterocycles. The Labute approximate surface area is 133 Å². The number of amides is 2. The smallest absolute Gasteiger partial charge is 0.323 e. The Morgan fingerprint density at radius 2 is 2.05 bits per heavy atom. The number of carbonyl (C=O) groups excluding carboxylic acids is 1. The van der Waals surface area contributed by atoms with Crippen LogP contribution in [0.2, 0.25) is 0 Å². The van der Waals surface area contributed by atoms with Crippen molar-refractivity contribution in [3.8, 4) is 5.75 Å². The summed E-state index contributed by atoms with van der Waals surface area (Å²) in [6.45, 7) is 3.32. The standard InChI is InChI=1S/C16H19N3O2S/c1-12-11-22-15(17-12)18-16(20)19-9-7-14(8-10-19)21-13-5-3-2-4-6-13/h2-6,11,14H,7-10H2,1H3,(H,17,18,20). The molecule has 1 aliphatic rings. The van der Waals surface area contributed by atoms with E-state index in [4.69, 9.17) is 4.74 Å². The summed E-state index contributed by atoms with van der Waals surface area (Å²) in [5, 5.41) is 5.43. The van der Waals surface area contributed by atoms with Crippen molar-refractivity contribution in [3.05, 3.63) is 41.4 Å². The molecule has 0 unspecified atom stereocenters. The Hall–Kier alpha value is -2.08. The number of hydrogen-bond acceptors (Lipinski definition) is 4. The molecule has 1 fully saturated rings. The van der Waals surface area contributed by atoms with Gasteiger partial charge in [0, 0.05) is 31.3 Å². The number of rotatable bonds is 3. The molecule has 0 atom stereocenters. The number of benzene rings is 1. The summed E-state index contributed by atoms with van der Waals surface area (Å²) < 4.78 is 5.94. The fourth-order valence-corrected chi connectivity index (χ4v) is 3.13. The Morgan fingerprint density at radius 3 is 2.68 bits per heavy atom. The zero-order valence-corrected chi connectivity index (χ0v) is 13.3. The first-order chi connectivity index (χ1) is 10.7. The first-order valence-corrected chi connectivity index (χ1v) is 8.28. The van der Waals surface area contributed by atoms with Crippen LogP contribution in [0.1, 0.15) is 18.5 Å². The van der Waals surface area contributed by atoms with Crippen LogP contribution < -0.4 is 10.1 Å². The molecule has 6 heteroatoms. The largest absolute Gasteiger partial charge is 0.490 e. The van der Waals surface area contributed by atoms with Crippen LogP contribution in [-0.2, 0) is 0 Å². The minimum Gasteiger partial charge on any atom is -0.490 e. The van der Waals surface area contributed by atoms with Crippen LogP contribution in [0, 0.1) is 6.92 Å². The maximum absolute atomic E-state index is 12.2. The summed E-state index contributed by atoms with van der Waals surface area (Å²) in [5.41, 5.74) is 0.926. The number of urea groups is 1. The molecule has 0 spiro atoms. The van der Waals surface area contributed by atoms with Crippen LogP contribution in [0.25, 0.3) is 0 Å². The number of nitrogens with one attached hydrogen (secondary N) is 1. The first kappa shape index (κ1) is 14.8. The van der Waals surface area contributed by atoms with Gasteiger partial charge < -0.3 is 9.64 Å². The van der Waals surface area contributed by atoms with E-state index in [0.717, 1.165) is 24.3 Å². The van der Waals surface area contributed by atoms with Crippen LogP contribution in [0.5, 0.6) is 5.75 Å². The van der Waals surface area contributed by atoms with E-state index in [1.807, 2.05) is 47.5 Å². The number of thiazole rings is 1. The van der Waals surface area contributed by atoms with Gasteiger partial charge in [-0.2, -0.15) is 0 Å². The minimum atomic E-state index is -0.0764. The molecular formula is C16H19N3O2S. The summed E-state index contributed by atoms with van der Waals surface area (Å²) in [6.07, 6.45) is 1.87. The van der Waals surface area contributed by atoms with E-state index in [-0.39, 0.29) is 12.1 Å². The summed E-state index contributed by atoms with van der Waals surface area (Å²) in [5.74, 6) is 0.892. The molecule has 0 radical (unpaired) electrons. The second-order valence-corrected chi connectivity index (χ2v) is 6.20. The Bertz CT molecular complexity index is 621. The van der Waals surface area contributed by atoms with E-state index >= 15 is 0 Å². The molecule has 2 aromatic rings. The van der Waals surface area contributed by atoms with Crippen molar-refractivity contribution in [1.82, 2.24) is 9.88 Å². The van der Waals surface area contributed by atoms with E-state index in [1.54, 1.807) is 0 Å². The van der Waals surface area contributed by atoms with Crippen LogP contribution in [-0.4, -0.2) is 35.1 Å². The summed E-state index contributed by atoms with van der Waals surface area (Å²) in [6, 6.07) is 9.75. The highest BCUT2D eigenvalue weighted by Gasteiger charge is 2.24. The number of ether oxygens (including phenoxy) is 1. The second-order valence-electron chi connectivity index (χ2n) is 5.34. The third-order valence-electron chi connectivity index (χ3n) is 3.61. The van der Waals surface area contributed by atoms with Crippen molar-refractivity contribution >= 4 is 22.5 Å². The van der Waals surface area contributed by atoms with Gasteiger partial charge in [-0.25, -0.2) is 9.78 Å². The van der Waals surface area contributed by atoms with Gasteiger partial charge in [0.25, 0.3) is 0 Å². The van der Waals surface area contributed by atoms with Gasteiger partial charge in [-0.15, -0.1) is 11.3 Å². The first-order valence-electron chi connectivity index (χ1n) is 7.40. The monoisotopic (exact) mass is 317 g/mol. The Morgan fingerprint density at radius 1 is 1.32 bits per heavy atom. The Kier molecular flexibility index (Phi) is 4.58. The molecule has 22 heavy (non-hydrogen) atoms. The maximum Gasteiger partial charge on any atom is 0.323 e. The number of para-hydroxylation sites is 1. The lowest BCUT2D eigenvalue weighted by Gasteiger charge is -2.31. The maximum atomic E-state index is 12.2. The molecular weight excluding hydrogens is 298 g/mol. The quantitative estimate of drug-likeness (QED) is 0.942. The molecule has 1 saturated heterocycles. The van der Waals surface area contributed by atoms with Crippen LogP contribution in [0.3, 0.4) is 0 Å². The highest BCUT2D eigenvalue weighted by atomic mass is 32.1. The number of aromatic nitrogens is 1. The van der Waals surface area contributed by atoms with Crippen molar-refractivity contribution in [2.75, 3.05) is 18.4 Å². The normalized spacial score (nSPS) is 15.6. The number of anilines is 1. The van der Waals surface area contributed by atoms with Crippen molar-refractivity contribution < 1.29 is 9.53 Å². The SMILES string of the molecule is Cc1csc(NC(=O)N2CCC(Oc3ccccc3)CC2)n1. The number of likely N-dealkylation sites (tertiary alicyclic amines) is 1. The number of carbonyl (C=O) groups is 1. The summed E-state index contributed by atoms with van der Waals surface area (Å²) >= 11 is 1.45. The van der Waals surface area contributed by atoms with E-state index in [9.17, 15) is 4.79 Å². The lowest BCUT2D eigenvalue weighted by atomic mass is 10.1. The van der Waals surface area contributed by atoms with E-state index < -0.39 is 0 Å². The van der Waals surface area contributed by atoms with Crippen molar-refractivity contribution in [2.45, 2.75) is 25.9 Å². The number of hydrogen-bond donors (Lipinski definition) is 1. The van der Waals surface area contributed by atoms with E-state index in [2.05, 4.69) is 10.3 Å². The zero-order valence-electron chi connectivity index (χ0n) is 12.5. The summed E-state index contributed by atoms with van der Waals surface area (Å²) in [4.78, 5) is 18.3. The van der Waals surface area contributed by atoms with Crippen molar-refractivity contribution in [3.63, 3.8) is 0 Å². The lowest BCUT2D eigenvalue weighted by Crippen LogP contribution is -2.43. The second kappa shape index (κ2) is 6.79. The van der Waals surface area contributed by atoms with Gasteiger partial charge in [0.05, 0.1) is 5.69 Å². The van der Waals surface area contributed by atoms with E-state index in [0.29, 0.717) is 18.2 Å². The molecule has 1 aliphatic heterocycles. The van der Waals surface area contributed by atoms with Gasteiger partial charge in [0.2, 0.25) is 0 Å². The predicted molar refractivity (Wildman–Crippen MR) is 87.5 cm³/mol. The number of piperidine rings is 1. The molecule has 5 nitrogen and oxygen atoms in total. The molecule has 1 N–H and O–H groups in total.